The van der Waals surface area contributed by atoms with E-state index in [1.807, 2.05) is 49.3 Å². The fraction of sp³-hybridized carbons (Fsp3) is 0.250. The quantitative estimate of drug-likeness (QED) is 0.448. The number of nitrogens with zero attached hydrogens (tertiary/aromatic N) is 7. The Hall–Kier alpha value is -3.33. The maximum absolute atomic E-state index is 13.0. The first-order valence-corrected chi connectivity index (χ1v) is 10.1. The third-order valence-electron chi connectivity index (χ3n) is 5.00. The minimum atomic E-state index is -0.0973. The van der Waals surface area contributed by atoms with E-state index in [1.54, 1.807) is 28.4 Å². The maximum Gasteiger partial charge on any atom is 0.291 e. The number of pyridine rings is 1. The summed E-state index contributed by atoms with van der Waals surface area (Å²) < 4.78 is 6.16. The molecule has 0 saturated carbocycles. The van der Waals surface area contributed by atoms with Gasteiger partial charge < -0.3 is 4.57 Å². The van der Waals surface area contributed by atoms with E-state index in [2.05, 4.69) is 15.2 Å². The van der Waals surface area contributed by atoms with Crippen LogP contribution < -0.4 is 5.56 Å². The van der Waals surface area contributed by atoms with Gasteiger partial charge in [0.25, 0.3) is 5.56 Å². The Bertz CT molecular complexity index is 1380. The van der Waals surface area contributed by atoms with E-state index in [1.165, 1.54) is 4.68 Å². The lowest BCUT2D eigenvalue weighted by atomic mass is 10.2. The molecule has 9 heteroatoms. The van der Waals surface area contributed by atoms with Crippen LogP contribution in [0.3, 0.4) is 0 Å². The zero-order valence-corrected chi connectivity index (χ0v) is 16.9. The topological polar surface area (TPSA) is 83.4 Å². The monoisotopic (exact) mass is 405 g/mol. The number of hydrogen-bond acceptors (Lipinski definition) is 6. The molecule has 0 spiro atoms. The summed E-state index contributed by atoms with van der Waals surface area (Å²) >= 11 is 1.61. The molecule has 0 aliphatic carbocycles. The molecule has 0 saturated heterocycles. The van der Waals surface area contributed by atoms with Crippen LogP contribution in [-0.2, 0) is 33.5 Å². The summed E-state index contributed by atoms with van der Waals surface area (Å²) in [6.07, 6.45) is 8.68. The standard InChI is InChI=1S/C20H19N7OS/c1-25-8-5-14(24-25)6-9-27-20(28)17-15(12-22-27)18-19(26(17)2)23-16(29-18)10-13-4-3-7-21-11-13/h3-5,7-8,11-12H,6,9-10H2,1-2H3. The van der Waals surface area contributed by atoms with Crippen LogP contribution in [0, 0.1) is 0 Å². The predicted octanol–water partition coefficient (Wildman–Crippen LogP) is 2.31. The van der Waals surface area contributed by atoms with Gasteiger partial charge in [-0.15, -0.1) is 11.3 Å². The average molecular weight is 405 g/mol. The lowest BCUT2D eigenvalue weighted by Crippen LogP contribution is -2.25. The molecular weight excluding hydrogens is 386 g/mol. The van der Waals surface area contributed by atoms with Gasteiger partial charge in [-0.2, -0.15) is 10.2 Å². The Morgan fingerprint density at radius 1 is 1.17 bits per heavy atom. The van der Waals surface area contributed by atoms with Crippen LogP contribution in [0.5, 0.6) is 0 Å². The van der Waals surface area contributed by atoms with Crippen molar-refractivity contribution >= 4 is 32.6 Å². The van der Waals surface area contributed by atoms with Gasteiger partial charge in [-0.25, -0.2) is 9.67 Å². The Morgan fingerprint density at radius 3 is 2.83 bits per heavy atom. The summed E-state index contributed by atoms with van der Waals surface area (Å²) in [5.74, 6) is 0. The highest BCUT2D eigenvalue weighted by Gasteiger charge is 2.18. The molecule has 0 aromatic carbocycles. The van der Waals surface area contributed by atoms with Gasteiger partial charge in [0.05, 0.1) is 23.1 Å². The predicted molar refractivity (Wildman–Crippen MR) is 112 cm³/mol. The highest BCUT2D eigenvalue weighted by Crippen LogP contribution is 2.31. The van der Waals surface area contributed by atoms with Gasteiger partial charge in [0.2, 0.25) is 0 Å². The second kappa shape index (κ2) is 6.93. The molecule has 5 rings (SSSR count). The fourth-order valence-corrected chi connectivity index (χ4v) is 4.70. The first-order chi connectivity index (χ1) is 14.1. The van der Waals surface area contributed by atoms with Gasteiger partial charge >= 0.3 is 0 Å². The van der Waals surface area contributed by atoms with Crippen LogP contribution in [0.2, 0.25) is 0 Å². The SMILES string of the molecule is Cn1ccc(CCn2ncc3c4sc(Cc5cccnc5)nc4n(C)c3c2=O)n1. The van der Waals surface area contributed by atoms with E-state index in [4.69, 9.17) is 4.98 Å². The molecule has 5 heterocycles. The Labute approximate surface area is 170 Å². The van der Waals surface area contributed by atoms with Gasteiger partial charge in [0.1, 0.15) is 10.5 Å². The number of fused-ring (bicyclic) bond motifs is 3. The molecular formula is C20H19N7OS. The Balaban J connectivity index is 1.50. The number of thiazole rings is 1. The summed E-state index contributed by atoms with van der Waals surface area (Å²) in [5, 5.41) is 10.6. The number of aromatic nitrogens is 7. The summed E-state index contributed by atoms with van der Waals surface area (Å²) in [4.78, 5) is 22.0. The first-order valence-electron chi connectivity index (χ1n) is 9.31. The van der Waals surface area contributed by atoms with Crippen LogP contribution in [0.1, 0.15) is 16.3 Å². The first kappa shape index (κ1) is 17.7. The van der Waals surface area contributed by atoms with Crippen LogP contribution in [-0.4, -0.2) is 34.1 Å². The van der Waals surface area contributed by atoms with Crippen molar-refractivity contribution in [3.05, 3.63) is 69.6 Å². The van der Waals surface area contributed by atoms with Crippen LogP contribution in [0.25, 0.3) is 21.3 Å². The zero-order valence-electron chi connectivity index (χ0n) is 16.1. The maximum atomic E-state index is 13.0. The third kappa shape index (κ3) is 3.13. The summed E-state index contributed by atoms with van der Waals surface area (Å²) in [7, 11) is 3.77. The summed E-state index contributed by atoms with van der Waals surface area (Å²) in [5.41, 5.74) is 3.43. The van der Waals surface area contributed by atoms with Gasteiger partial charge in [-0.05, 0) is 17.7 Å². The molecule has 0 amide bonds. The molecule has 0 radical (unpaired) electrons. The van der Waals surface area contributed by atoms with Crippen LogP contribution in [0.4, 0.5) is 0 Å². The van der Waals surface area contributed by atoms with E-state index < -0.39 is 0 Å². The fourth-order valence-electron chi connectivity index (χ4n) is 3.56. The van der Waals surface area contributed by atoms with Crippen molar-refractivity contribution in [3.63, 3.8) is 0 Å². The molecule has 146 valence electrons. The molecule has 0 aliphatic heterocycles. The molecule has 29 heavy (non-hydrogen) atoms. The third-order valence-corrected chi connectivity index (χ3v) is 6.07. The smallest absolute Gasteiger partial charge is 0.291 e. The van der Waals surface area contributed by atoms with Crippen LogP contribution >= 0.6 is 11.3 Å². The lowest BCUT2D eigenvalue weighted by Gasteiger charge is -2.04. The van der Waals surface area contributed by atoms with Crippen molar-refractivity contribution in [1.82, 2.24) is 34.1 Å². The van der Waals surface area contributed by atoms with E-state index >= 15 is 0 Å². The Morgan fingerprint density at radius 2 is 2.07 bits per heavy atom. The number of hydrogen-bond donors (Lipinski definition) is 0. The minimum Gasteiger partial charge on any atom is -0.323 e. The highest BCUT2D eigenvalue weighted by molar-refractivity contribution is 7.19. The molecule has 5 aromatic rings. The van der Waals surface area contributed by atoms with E-state index in [9.17, 15) is 4.79 Å². The summed E-state index contributed by atoms with van der Waals surface area (Å²) in [6, 6.07) is 5.92. The van der Waals surface area contributed by atoms with E-state index in [-0.39, 0.29) is 5.56 Å². The molecule has 5 aromatic heterocycles. The summed E-state index contributed by atoms with van der Waals surface area (Å²) in [6.45, 7) is 0.490. The van der Waals surface area contributed by atoms with Crippen molar-refractivity contribution in [2.24, 2.45) is 14.1 Å². The highest BCUT2D eigenvalue weighted by atomic mass is 32.1. The van der Waals surface area contributed by atoms with Crippen molar-refractivity contribution in [2.75, 3.05) is 0 Å². The lowest BCUT2D eigenvalue weighted by molar-refractivity contribution is 0.572. The van der Waals surface area contributed by atoms with Crippen molar-refractivity contribution in [2.45, 2.75) is 19.4 Å². The van der Waals surface area contributed by atoms with Crippen molar-refractivity contribution in [1.29, 1.82) is 0 Å². The van der Waals surface area contributed by atoms with Gasteiger partial charge in [0.15, 0.2) is 5.65 Å². The molecule has 0 atom stereocenters. The Kier molecular flexibility index (Phi) is 4.24. The van der Waals surface area contributed by atoms with Gasteiger partial charge in [0, 0.05) is 50.9 Å². The normalized spacial score (nSPS) is 11.7. The minimum absolute atomic E-state index is 0.0973. The largest absolute Gasteiger partial charge is 0.323 e. The molecule has 8 nitrogen and oxygen atoms in total. The molecule has 0 bridgehead atoms. The zero-order chi connectivity index (χ0) is 20.0. The molecule has 0 unspecified atom stereocenters. The molecule has 0 fully saturated rings. The molecule has 0 N–H and O–H groups in total. The van der Waals surface area contributed by atoms with Crippen molar-refractivity contribution in [3.8, 4) is 0 Å². The second-order valence-electron chi connectivity index (χ2n) is 7.02. The molecule has 0 aliphatic rings. The van der Waals surface area contributed by atoms with Crippen LogP contribution in [0.15, 0.2) is 47.8 Å². The van der Waals surface area contributed by atoms with Gasteiger partial charge in [-0.1, -0.05) is 6.07 Å². The van der Waals surface area contributed by atoms with E-state index in [0.29, 0.717) is 18.5 Å². The van der Waals surface area contributed by atoms with E-state index in [0.717, 1.165) is 38.4 Å². The number of aryl methyl sites for hydroxylation is 4. The van der Waals surface area contributed by atoms with Crippen molar-refractivity contribution < 1.29 is 0 Å². The second-order valence-corrected chi connectivity index (χ2v) is 8.11. The average Bonchev–Trinajstić information content (AvgIpc) is 3.39. The van der Waals surface area contributed by atoms with Gasteiger partial charge in [-0.3, -0.25) is 14.5 Å². The number of rotatable bonds is 5.